The van der Waals surface area contributed by atoms with Crippen molar-refractivity contribution >= 4 is 46.4 Å². The summed E-state index contributed by atoms with van der Waals surface area (Å²) >= 11 is 2.82. The summed E-state index contributed by atoms with van der Waals surface area (Å²) in [7, 11) is 0. The van der Waals surface area contributed by atoms with Gasteiger partial charge in [-0.15, -0.1) is 11.8 Å². The predicted octanol–water partition coefficient (Wildman–Crippen LogP) is -0.110. The predicted molar refractivity (Wildman–Crippen MR) is 103 cm³/mol. The van der Waals surface area contributed by atoms with Crippen molar-refractivity contribution in [3.05, 3.63) is 11.3 Å². The molecule has 1 fully saturated rings. The minimum Gasteiger partial charge on any atom is -0.477 e. The SMILES string of the molecule is CCN1C(SCC2=C(C(=O)O)N3C(=O)C(N)[C@@H]3SC2)=NC(=N)C(C)C1N. The van der Waals surface area contributed by atoms with E-state index >= 15 is 0 Å². The molecule has 3 aliphatic heterocycles. The van der Waals surface area contributed by atoms with Gasteiger partial charge in [-0.2, -0.15) is 0 Å². The van der Waals surface area contributed by atoms with Crippen LogP contribution in [0.1, 0.15) is 13.8 Å². The van der Waals surface area contributed by atoms with Crippen molar-refractivity contribution in [3.63, 3.8) is 0 Å². The zero-order valence-corrected chi connectivity index (χ0v) is 16.1. The maximum absolute atomic E-state index is 12.0. The number of carbonyl (C=O) groups is 2. The number of fused-ring (bicyclic) bond motifs is 1. The van der Waals surface area contributed by atoms with E-state index in [2.05, 4.69) is 4.99 Å². The second kappa shape index (κ2) is 7.22. The maximum atomic E-state index is 12.0. The highest BCUT2D eigenvalue weighted by molar-refractivity contribution is 8.14. The van der Waals surface area contributed by atoms with E-state index in [1.165, 1.54) is 28.4 Å². The molecule has 0 aliphatic carbocycles. The van der Waals surface area contributed by atoms with Crippen LogP contribution in [0.3, 0.4) is 0 Å². The van der Waals surface area contributed by atoms with Crippen LogP contribution < -0.4 is 11.5 Å². The minimum atomic E-state index is -1.12. The lowest BCUT2D eigenvalue weighted by Crippen LogP contribution is -2.68. The number of aliphatic carboxylic acids is 1. The fourth-order valence-corrected chi connectivity index (χ4v) is 5.68. The van der Waals surface area contributed by atoms with Crippen molar-refractivity contribution in [3.8, 4) is 0 Å². The number of nitrogens with two attached hydrogens (primary N) is 2. The summed E-state index contributed by atoms with van der Waals surface area (Å²) in [5, 5.41) is 17.9. The van der Waals surface area contributed by atoms with Gasteiger partial charge in [0.2, 0.25) is 5.91 Å². The molecule has 0 aromatic carbocycles. The standard InChI is InChI=1S/C15H22N6O3S2/c1-3-20-11(18)6(2)10(17)19-15(20)26-5-7-4-25-13-8(16)12(22)21(13)9(7)14(23)24/h6,8,11,13,17H,3-5,16,18H2,1-2H3,(H,23,24)/t6?,8?,11?,13-/m0/s1. The number of β-lactam (4-membered cyclic amide) rings is 1. The molecule has 11 heteroatoms. The molecule has 1 amide bonds. The molecule has 3 aliphatic rings. The Balaban J connectivity index is 1.81. The van der Waals surface area contributed by atoms with Gasteiger partial charge >= 0.3 is 5.97 Å². The van der Waals surface area contributed by atoms with Crippen LogP contribution in [0, 0.1) is 11.3 Å². The Bertz CT molecular complexity index is 724. The van der Waals surface area contributed by atoms with E-state index in [4.69, 9.17) is 16.9 Å². The first kappa shape index (κ1) is 19.2. The average Bonchev–Trinajstić information content (AvgIpc) is 2.62. The third-order valence-electron chi connectivity index (χ3n) is 4.77. The number of hydrogen-bond acceptors (Lipinski definition) is 8. The Kier molecular flexibility index (Phi) is 5.33. The Morgan fingerprint density at radius 3 is 2.81 bits per heavy atom. The van der Waals surface area contributed by atoms with Crippen molar-refractivity contribution < 1.29 is 14.7 Å². The monoisotopic (exact) mass is 398 g/mol. The number of hydrogen-bond donors (Lipinski definition) is 4. The van der Waals surface area contributed by atoms with Gasteiger partial charge in [0.1, 0.15) is 22.9 Å². The van der Waals surface area contributed by atoms with Gasteiger partial charge in [0.15, 0.2) is 5.17 Å². The second-order valence-corrected chi connectivity index (χ2v) is 8.37. The maximum Gasteiger partial charge on any atom is 0.352 e. The first-order valence-corrected chi connectivity index (χ1v) is 10.3. The number of amidine groups is 2. The molecule has 9 nitrogen and oxygen atoms in total. The van der Waals surface area contributed by atoms with E-state index in [-0.39, 0.29) is 34.9 Å². The van der Waals surface area contributed by atoms with Gasteiger partial charge in [-0.25, -0.2) is 9.79 Å². The number of aliphatic imine (C=N–C) groups is 1. The number of nitrogens with one attached hydrogen (secondary N) is 1. The van der Waals surface area contributed by atoms with Gasteiger partial charge in [-0.05, 0) is 12.5 Å². The molecule has 26 heavy (non-hydrogen) atoms. The molecule has 0 aromatic heterocycles. The minimum absolute atomic E-state index is 0.0279. The lowest BCUT2D eigenvalue weighted by molar-refractivity contribution is -0.147. The van der Waals surface area contributed by atoms with Crippen LogP contribution in [0.5, 0.6) is 0 Å². The summed E-state index contributed by atoms with van der Waals surface area (Å²) in [4.78, 5) is 31.2. The number of nitrogens with zero attached hydrogens (tertiary/aromatic N) is 3. The van der Waals surface area contributed by atoms with Crippen LogP contribution in [0.2, 0.25) is 0 Å². The fraction of sp³-hybridized carbons (Fsp3) is 0.600. The molecule has 3 rings (SSSR count). The topological polar surface area (TPSA) is 149 Å². The van der Waals surface area contributed by atoms with Crippen molar-refractivity contribution in [2.75, 3.05) is 18.1 Å². The Hall–Kier alpha value is -1.56. The smallest absolute Gasteiger partial charge is 0.352 e. The summed E-state index contributed by atoms with van der Waals surface area (Å²) in [5.41, 5.74) is 12.6. The lowest BCUT2D eigenvalue weighted by atomic mass is 10.0. The number of carboxylic acid groups (broad SMARTS) is 1. The Morgan fingerprint density at radius 1 is 1.50 bits per heavy atom. The van der Waals surface area contributed by atoms with E-state index in [9.17, 15) is 14.7 Å². The normalized spacial score (nSPS) is 31.6. The lowest BCUT2D eigenvalue weighted by Gasteiger charge is -2.48. The molecule has 0 aromatic rings. The van der Waals surface area contributed by atoms with Gasteiger partial charge in [0, 0.05) is 24.0 Å². The van der Waals surface area contributed by atoms with Crippen LogP contribution in [-0.4, -0.2) is 73.4 Å². The number of rotatable bonds is 4. The summed E-state index contributed by atoms with van der Waals surface area (Å²) in [6.07, 6.45) is -0.333. The third-order valence-corrected chi connectivity index (χ3v) is 7.21. The molecule has 3 unspecified atom stereocenters. The van der Waals surface area contributed by atoms with Crippen LogP contribution in [-0.2, 0) is 9.59 Å². The number of amides is 1. The van der Waals surface area contributed by atoms with Crippen LogP contribution in [0.4, 0.5) is 0 Å². The Morgan fingerprint density at radius 2 is 2.19 bits per heavy atom. The van der Waals surface area contributed by atoms with Gasteiger partial charge in [0.05, 0.1) is 6.17 Å². The zero-order valence-electron chi connectivity index (χ0n) is 14.5. The van der Waals surface area contributed by atoms with E-state index in [1.807, 2.05) is 18.7 Å². The molecule has 1 saturated heterocycles. The van der Waals surface area contributed by atoms with Crippen molar-refractivity contribution in [2.24, 2.45) is 22.4 Å². The van der Waals surface area contributed by atoms with Crippen molar-refractivity contribution in [2.45, 2.75) is 31.4 Å². The summed E-state index contributed by atoms with van der Waals surface area (Å²) in [5.74, 6) is -0.564. The summed E-state index contributed by atoms with van der Waals surface area (Å²) in [6, 6.07) is -0.637. The average molecular weight is 399 g/mol. The molecule has 3 heterocycles. The van der Waals surface area contributed by atoms with Gasteiger partial charge in [-0.1, -0.05) is 18.7 Å². The molecule has 4 atom stereocenters. The van der Waals surface area contributed by atoms with Gasteiger partial charge in [0.25, 0.3) is 0 Å². The first-order valence-electron chi connectivity index (χ1n) is 8.25. The molecular formula is C15H22N6O3S2. The van der Waals surface area contributed by atoms with E-state index in [0.717, 1.165) is 0 Å². The first-order chi connectivity index (χ1) is 12.3. The number of carbonyl (C=O) groups excluding carboxylic acids is 1. The number of carboxylic acids is 1. The van der Waals surface area contributed by atoms with Crippen molar-refractivity contribution in [1.82, 2.24) is 9.80 Å². The Labute approximate surface area is 159 Å². The molecular weight excluding hydrogens is 376 g/mol. The van der Waals surface area contributed by atoms with Gasteiger partial charge < -0.3 is 21.5 Å². The highest BCUT2D eigenvalue weighted by atomic mass is 32.2. The fourth-order valence-electron chi connectivity index (χ4n) is 3.13. The van der Waals surface area contributed by atoms with E-state index in [0.29, 0.717) is 28.8 Å². The highest BCUT2D eigenvalue weighted by Crippen LogP contribution is 2.40. The second-order valence-electron chi connectivity index (χ2n) is 6.33. The molecule has 142 valence electrons. The van der Waals surface area contributed by atoms with Gasteiger partial charge in [-0.3, -0.25) is 15.1 Å². The third kappa shape index (κ3) is 3.02. The van der Waals surface area contributed by atoms with Crippen molar-refractivity contribution in [1.29, 1.82) is 5.41 Å². The molecule has 0 bridgehead atoms. The largest absolute Gasteiger partial charge is 0.477 e. The number of thioether (sulfide) groups is 2. The van der Waals surface area contributed by atoms with Crippen LogP contribution >= 0.6 is 23.5 Å². The molecule has 0 saturated carbocycles. The molecule has 6 N–H and O–H groups in total. The molecule has 0 spiro atoms. The van der Waals surface area contributed by atoms with E-state index < -0.39 is 12.0 Å². The summed E-state index contributed by atoms with van der Waals surface area (Å²) in [6.45, 7) is 4.47. The quantitative estimate of drug-likeness (QED) is 0.479. The molecule has 0 radical (unpaired) electrons. The zero-order chi connectivity index (χ0) is 19.2. The van der Waals surface area contributed by atoms with E-state index in [1.54, 1.807) is 0 Å². The highest BCUT2D eigenvalue weighted by Gasteiger charge is 2.51. The van der Waals surface area contributed by atoms with Crippen LogP contribution in [0.25, 0.3) is 0 Å². The summed E-state index contributed by atoms with van der Waals surface area (Å²) < 4.78 is 0. The van der Waals surface area contributed by atoms with Crippen LogP contribution in [0.15, 0.2) is 16.3 Å².